The van der Waals surface area contributed by atoms with Crippen LogP contribution in [-0.4, -0.2) is 90.9 Å². The molecule has 2 bridgehead atoms. The Morgan fingerprint density at radius 1 is 0.900 bits per heavy atom. The molecule has 8 heteroatoms. The van der Waals surface area contributed by atoms with Crippen LogP contribution in [-0.2, 0) is 9.59 Å². The number of piperazine rings is 1. The van der Waals surface area contributed by atoms with Crippen molar-refractivity contribution in [2.24, 2.45) is 17.8 Å². The molecular formula is C22H37N5O3. The Labute approximate surface area is 179 Å². The second-order valence-corrected chi connectivity index (χ2v) is 9.79. The summed E-state index contributed by atoms with van der Waals surface area (Å²) in [5.74, 6) is 2.11. The number of urea groups is 1. The van der Waals surface area contributed by atoms with E-state index in [0.717, 1.165) is 63.9 Å². The van der Waals surface area contributed by atoms with Crippen LogP contribution in [0.15, 0.2) is 0 Å². The van der Waals surface area contributed by atoms with Crippen LogP contribution in [0.2, 0.25) is 0 Å². The number of hydrogen-bond donors (Lipinski definition) is 2. The quantitative estimate of drug-likeness (QED) is 0.668. The van der Waals surface area contributed by atoms with E-state index in [1.54, 1.807) is 0 Å². The molecule has 0 spiro atoms. The summed E-state index contributed by atoms with van der Waals surface area (Å²) >= 11 is 0. The van der Waals surface area contributed by atoms with Gasteiger partial charge in [0.15, 0.2) is 0 Å². The van der Waals surface area contributed by atoms with Gasteiger partial charge in [0.1, 0.15) is 0 Å². The number of amides is 4. The Bertz CT molecular complexity index is 643. The predicted octanol–water partition coefficient (Wildman–Crippen LogP) is 0.877. The summed E-state index contributed by atoms with van der Waals surface area (Å²) in [6, 6.07) is -0.255. The molecule has 2 N–H and O–H groups in total. The van der Waals surface area contributed by atoms with Crippen molar-refractivity contribution >= 4 is 17.8 Å². The fraction of sp³-hybridized carbons (Fsp3) is 0.864. The normalized spacial score (nSPS) is 30.4. The van der Waals surface area contributed by atoms with Crippen molar-refractivity contribution < 1.29 is 14.4 Å². The van der Waals surface area contributed by atoms with Crippen molar-refractivity contribution in [1.82, 2.24) is 25.3 Å². The van der Waals surface area contributed by atoms with E-state index in [0.29, 0.717) is 12.5 Å². The van der Waals surface area contributed by atoms with Gasteiger partial charge in [0.05, 0.1) is 13.1 Å². The van der Waals surface area contributed by atoms with E-state index in [2.05, 4.69) is 27.4 Å². The van der Waals surface area contributed by atoms with Crippen molar-refractivity contribution in [2.75, 3.05) is 52.4 Å². The van der Waals surface area contributed by atoms with E-state index >= 15 is 0 Å². The molecule has 0 unspecified atom stereocenters. The highest BCUT2D eigenvalue weighted by atomic mass is 16.2. The average Bonchev–Trinajstić information content (AvgIpc) is 3.47. The number of likely N-dealkylation sites (tertiary alicyclic amines) is 1. The van der Waals surface area contributed by atoms with Gasteiger partial charge in [-0.1, -0.05) is 6.42 Å². The Morgan fingerprint density at radius 3 is 2.17 bits per heavy atom. The lowest BCUT2D eigenvalue weighted by atomic mass is 9.84. The molecule has 2 aliphatic carbocycles. The van der Waals surface area contributed by atoms with Crippen LogP contribution in [0.3, 0.4) is 0 Å². The fourth-order valence-electron chi connectivity index (χ4n) is 5.99. The second-order valence-electron chi connectivity index (χ2n) is 9.79. The van der Waals surface area contributed by atoms with E-state index in [1.807, 2.05) is 4.90 Å². The molecule has 0 aromatic rings. The van der Waals surface area contributed by atoms with Crippen LogP contribution in [0, 0.1) is 17.8 Å². The lowest BCUT2D eigenvalue weighted by Gasteiger charge is -2.34. The van der Waals surface area contributed by atoms with Crippen molar-refractivity contribution in [3.8, 4) is 0 Å². The van der Waals surface area contributed by atoms with Crippen molar-refractivity contribution in [3.63, 3.8) is 0 Å². The maximum absolute atomic E-state index is 12.3. The number of nitrogens with zero attached hydrogens (tertiary/aromatic N) is 3. The zero-order chi connectivity index (χ0) is 21.1. The number of hydrogen-bond acceptors (Lipinski definition) is 5. The van der Waals surface area contributed by atoms with Gasteiger partial charge in [-0.2, -0.15) is 0 Å². The summed E-state index contributed by atoms with van der Waals surface area (Å²) in [7, 11) is 0. The Kier molecular flexibility index (Phi) is 6.93. The van der Waals surface area contributed by atoms with Gasteiger partial charge in [-0.05, 0) is 56.8 Å². The Morgan fingerprint density at radius 2 is 1.57 bits per heavy atom. The summed E-state index contributed by atoms with van der Waals surface area (Å²) in [6.45, 7) is 7.59. The van der Waals surface area contributed by atoms with Gasteiger partial charge >= 0.3 is 6.03 Å². The topological polar surface area (TPSA) is 85.0 Å². The monoisotopic (exact) mass is 419 g/mol. The van der Waals surface area contributed by atoms with Gasteiger partial charge in [0, 0.05) is 45.3 Å². The Hall–Kier alpha value is -1.67. The molecule has 4 atom stereocenters. The SMILES string of the molecule is C[C@@H](NC(=O)NC(=O)CN1CCN(CC(=O)N2CCCC2)CC1)[C@H]1C[C@H]2CC[C@H]1C2. The van der Waals surface area contributed by atoms with Gasteiger partial charge < -0.3 is 10.2 Å². The van der Waals surface area contributed by atoms with E-state index in [4.69, 9.17) is 0 Å². The van der Waals surface area contributed by atoms with Crippen molar-refractivity contribution in [3.05, 3.63) is 0 Å². The third kappa shape index (κ3) is 5.32. The zero-order valence-electron chi connectivity index (χ0n) is 18.3. The number of carbonyl (C=O) groups is 3. The number of carbonyl (C=O) groups excluding carboxylic acids is 3. The molecule has 2 saturated carbocycles. The van der Waals surface area contributed by atoms with Gasteiger partial charge in [-0.3, -0.25) is 24.7 Å². The highest BCUT2D eigenvalue weighted by molar-refractivity contribution is 5.95. The fourth-order valence-corrected chi connectivity index (χ4v) is 5.99. The van der Waals surface area contributed by atoms with Gasteiger partial charge in [-0.25, -0.2) is 4.79 Å². The van der Waals surface area contributed by atoms with Crippen LogP contribution in [0.1, 0.15) is 45.4 Å². The molecular weight excluding hydrogens is 382 g/mol. The van der Waals surface area contributed by atoms with Crippen LogP contribution < -0.4 is 10.6 Å². The number of imide groups is 1. The van der Waals surface area contributed by atoms with Crippen LogP contribution in [0.25, 0.3) is 0 Å². The number of fused-ring (bicyclic) bond motifs is 2. The molecule has 4 fully saturated rings. The first-order valence-electron chi connectivity index (χ1n) is 11.8. The minimum absolute atomic E-state index is 0.116. The molecule has 0 aromatic heterocycles. The summed E-state index contributed by atoms with van der Waals surface area (Å²) in [5.41, 5.74) is 0. The van der Waals surface area contributed by atoms with Gasteiger partial charge in [-0.15, -0.1) is 0 Å². The van der Waals surface area contributed by atoms with E-state index in [1.165, 1.54) is 25.7 Å². The van der Waals surface area contributed by atoms with E-state index < -0.39 is 0 Å². The summed E-state index contributed by atoms with van der Waals surface area (Å²) in [5, 5.41) is 5.49. The maximum Gasteiger partial charge on any atom is 0.321 e. The molecule has 0 radical (unpaired) electrons. The minimum atomic E-state index is -0.370. The lowest BCUT2D eigenvalue weighted by Crippen LogP contribution is -2.53. The molecule has 2 saturated heterocycles. The van der Waals surface area contributed by atoms with E-state index in [-0.39, 0.29) is 30.4 Å². The molecule has 2 heterocycles. The molecule has 0 aromatic carbocycles. The summed E-state index contributed by atoms with van der Waals surface area (Å²) in [4.78, 5) is 43.0. The summed E-state index contributed by atoms with van der Waals surface area (Å²) in [6.07, 6.45) is 7.39. The first-order valence-corrected chi connectivity index (χ1v) is 11.8. The molecule has 168 valence electrons. The van der Waals surface area contributed by atoms with Crippen LogP contribution >= 0.6 is 0 Å². The number of nitrogens with one attached hydrogen (secondary N) is 2. The largest absolute Gasteiger partial charge is 0.342 e. The first-order chi connectivity index (χ1) is 14.5. The standard InChI is InChI=1S/C22H37N5O3/c1-16(19-13-17-4-5-18(19)12-17)23-22(30)24-20(28)14-25-8-10-26(11-9-25)15-21(29)27-6-2-3-7-27/h16-19H,2-15H2,1H3,(H2,23,24,28,30)/t16-,17+,18+,19-/m1/s1. The van der Waals surface area contributed by atoms with Gasteiger partial charge in [0.25, 0.3) is 0 Å². The maximum atomic E-state index is 12.3. The molecule has 4 aliphatic rings. The average molecular weight is 420 g/mol. The van der Waals surface area contributed by atoms with Crippen molar-refractivity contribution in [2.45, 2.75) is 51.5 Å². The third-order valence-corrected chi connectivity index (χ3v) is 7.70. The highest BCUT2D eigenvalue weighted by Crippen LogP contribution is 2.49. The van der Waals surface area contributed by atoms with Gasteiger partial charge in [0.2, 0.25) is 11.8 Å². The molecule has 4 rings (SSSR count). The highest BCUT2D eigenvalue weighted by Gasteiger charge is 2.42. The molecule has 30 heavy (non-hydrogen) atoms. The first kappa shape index (κ1) is 21.6. The number of rotatable bonds is 6. The molecule has 8 nitrogen and oxygen atoms in total. The Balaban J connectivity index is 1.12. The van der Waals surface area contributed by atoms with E-state index in [9.17, 15) is 14.4 Å². The molecule has 2 aliphatic heterocycles. The van der Waals surface area contributed by atoms with Crippen molar-refractivity contribution in [1.29, 1.82) is 0 Å². The minimum Gasteiger partial charge on any atom is -0.342 e. The molecule has 4 amide bonds. The van der Waals surface area contributed by atoms with Crippen LogP contribution in [0.5, 0.6) is 0 Å². The third-order valence-electron chi connectivity index (χ3n) is 7.70. The predicted molar refractivity (Wildman–Crippen MR) is 114 cm³/mol. The second kappa shape index (κ2) is 9.64. The van der Waals surface area contributed by atoms with Crippen LogP contribution in [0.4, 0.5) is 4.79 Å². The lowest BCUT2D eigenvalue weighted by molar-refractivity contribution is -0.132. The zero-order valence-corrected chi connectivity index (χ0v) is 18.3. The summed E-state index contributed by atoms with van der Waals surface area (Å²) < 4.78 is 0. The smallest absolute Gasteiger partial charge is 0.321 e.